The van der Waals surface area contributed by atoms with Crippen molar-refractivity contribution < 1.29 is 4.74 Å². The van der Waals surface area contributed by atoms with Gasteiger partial charge in [0.05, 0.1) is 20.0 Å². The topological polar surface area (TPSA) is 64.9 Å². The summed E-state index contributed by atoms with van der Waals surface area (Å²) >= 11 is 5.96. The number of ether oxygens (including phenoxy) is 1. The van der Waals surface area contributed by atoms with Gasteiger partial charge in [0, 0.05) is 12.6 Å². The number of hydrogen-bond acceptors (Lipinski definition) is 5. The fourth-order valence-electron chi connectivity index (χ4n) is 2.22. The van der Waals surface area contributed by atoms with Crippen LogP contribution in [0.4, 0.5) is 5.82 Å². The maximum Gasteiger partial charge on any atom is 0.226 e. The molecule has 0 spiro atoms. The molecule has 3 aromatic rings. The van der Waals surface area contributed by atoms with Gasteiger partial charge >= 0.3 is 0 Å². The molecule has 0 saturated heterocycles. The van der Waals surface area contributed by atoms with Crippen LogP contribution in [0, 0.1) is 0 Å². The Labute approximate surface area is 126 Å². The molecular formula is C14H14ClN5O. The number of nitrogens with one attached hydrogen (secondary N) is 1. The number of fused-ring (bicyclic) bond motifs is 1. The van der Waals surface area contributed by atoms with Gasteiger partial charge in [-0.3, -0.25) is 0 Å². The van der Waals surface area contributed by atoms with Crippen LogP contribution in [-0.2, 0) is 6.54 Å². The van der Waals surface area contributed by atoms with E-state index in [1.54, 1.807) is 20.5 Å². The molecule has 3 rings (SSSR count). The van der Waals surface area contributed by atoms with E-state index in [1.807, 2.05) is 28.8 Å². The minimum Gasteiger partial charge on any atom is -0.496 e. The molecule has 0 unspecified atom stereocenters. The Morgan fingerprint density at radius 3 is 2.86 bits per heavy atom. The summed E-state index contributed by atoms with van der Waals surface area (Å²) in [6.45, 7) is 0.594. The number of imidazole rings is 1. The van der Waals surface area contributed by atoms with Crippen molar-refractivity contribution >= 4 is 28.6 Å². The number of rotatable bonds is 4. The molecule has 0 amide bonds. The van der Waals surface area contributed by atoms with Crippen LogP contribution in [0.3, 0.4) is 0 Å². The number of nitrogens with zero attached hydrogens (tertiary/aromatic N) is 4. The summed E-state index contributed by atoms with van der Waals surface area (Å²) in [5.41, 5.74) is 2.42. The molecule has 21 heavy (non-hydrogen) atoms. The molecule has 7 heteroatoms. The molecule has 0 aliphatic rings. The number of halogens is 1. The molecule has 2 heterocycles. The van der Waals surface area contributed by atoms with Crippen LogP contribution < -0.4 is 10.1 Å². The van der Waals surface area contributed by atoms with Gasteiger partial charge in [-0.15, -0.1) is 0 Å². The number of para-hydroxylation sites is 1. The van der Waals surface area contributed by atoms with Crippen molar-refractivity contribution in [2.24, 2.45) is 0 Å². The van der Waals surface area contributed by atoms with Crippen LogP contribution in [0.1, 0.15) is 5.56 Å². The van der Waals surface area contributed by atoms with Gasteiger partial charge in [0.25, 0.3) is 0 Å². The molecule has 0 saturated carbocycles. The fourth-order valence-corrected chi connectivity index (χ4v) is 2.39. The maximum atomic E-state index is 5.96. The summed E-state index contributed by atoms with van der Waals surface area (Å²) in [4.78, 5) is 12.7. The van der Waals surface area contributed by atoms with Crippen LogP contribution in [0.5, 0.6) is 5.75 Å². The molecule has 0 atom stereocenters. The van der Waals surface area contributed by atoms with E-state index in [9.17, 15) is 0 Å². The number of aromatic nitrogens is 4. The van der Waals surface area contributed by atoms with Crippen molar-refractivity contribution in [1.82, 2.24) is 19.5 Å². The minimum absolute atomic E-state index is 0.189. The Hall–Kier alpha value is -2.34. The van der Waals surface area contributed by atoms with Crippen molar-refractivity contribution in [1.29, 1.82) is 0 Å². The molecule has 0 fully saturated rings. The second kappa shape index (κ2) is 5.57. The average molecular weight is 304 g/mol. The van der Waals surface area contributed by atoms with Gasteiger partial charge in [-0.2, -0.15) is 9.97 Å². The van der Waals surface area contributed by atoms with E-state index in [4.69, 9.17) is 16.3 Å². The summed E-state index contributed by atoms with van der Waals surface area (Å²) in [5, 5.41) is 3.16. The molecule has 0 bridgehead atoms. The van der Waals surface area contributed by atoms with E-state index in [1.165, 1.54) is 0 Å². The van der Waals surface area contributed by atoms with Gasteiger partial charge in [0.15, 0.2) is 17.0 Å². The highest BCUT2D eigenvalue weighted by Gasteiger charge is 2.13. The monoisotopic (exact) mass is 303 g/mol. The van der Waals surface area contributed by atoms with Crippen molar-refractivity contribution in [2.45, 2.75) is 6.54 Å². The van der Waals surface area contributed by atoms with Crippen molar-refractivity contribution in [3.05, 3.63) is 41.4 Å². The smallest absolute Gasteiger partial charge is 0.226 e. The zero-order valence-electron chi connectivity index (χ0n) is 11.7. The molecule has 1 N–H and O–H groups in total. The summed E-state index contributed by atoms with van der Waals surface area (Å²) in [6, 6.07) is 7.84. The minimum atomic E-state index is 0.189. The third-order valence-corrected chi connectivity index (χ3v) is 3.38. The lowest BCUT2D eigenvalue weighted by atomic mass is 10.2. The van der Waals surface area contributed by atoms with E-state index >= 15 is 0 Å². The average Bonchev–Trinajstić information content (AvgIpc) is 2.90. The van der Waals surface area contributed by atoms with E-state index in [0.29, 0.717) is 23.5 Å². The van der Waals surface area contributed by atoms with Crippen LogP contribution >= 0.6 is 11.6 Å². The molecular weight excluding hydrogens is 290 g/mol. The number of methoxy groups -OCH3 is 1. The summed E-state index contributed by atoms with van der Waals surface area (Å²) in [7, 11) is 3.43. The maximum absolute atomic E-state index is 5.96. The molecule has 0 radical (unpaired) electrons. The predicted octanol–water partition coefficient (Wildman–Crippen LogP) is 2.58. The first kappa shape index (κ1) is 13.6. The van der Waals surface area contributed by atoms with E-state index < -0.39 is 0 Å². The third kappa shape index (κ3) is 2.50. The fraction of sp³-hybridized carbons (Fsp3) is 0.214. The first-order chi connectivity index (χ1) is 10.2. The zero-order chi connectivity index (χ0) is 14.8. The van der Waals surface area contributed by atoms with Crippen LogP contribution in [0.2, 0.25) is 5.28 Å². The van der Waals surface area contributed by atoms with Crippen LogP contribution in [0.15, 0.2) is 30.6 Å². The van der Waals surface area contributed by atoms with Gasteiger partial charge in [-0.05, 0) is 17.7 Å². The van der Waals surface area contributed by atoms with Crippen molar-refractivity contribution in [3.8, 4) is 5.75 Å². The first-order valence-electron chi connectivity index (χ1n) is 6.41. The predicted molar refractivity (Wildman–Crippen MR) is 82.0 cm³/mol. The zero-order valence-corrected chi connectivity index (χ0v) is 12.4. The highest BCUT2D eigenvalue weighted by molar-refractivity contribution is 6.28. The van der Waals surface area contributed by atoms with Gasteiger partial charge in [0.2, 0.25) is 5.28 Å². The Kier molecular flexibility index (Phi) is 3.62. The van der Waals surface area contributed by atoms with Gasteiger partial charge in [-0.25, -0.2) is 4.98 Å². The highest BCUT2D eigenvalue weighted by atomic mass is 35.5. The number of hydrogen-bond donors (Lipinski definition) is 1. The van der Waals surface area contributed by atoms with E-state index in [2.05, 4.69) is 20.3 Å². The SMILES string of the molecule is CNc1nc(Cl)nc2c1ncn2Cc1ccccc1OC. The van der Waals surface area contributed by atoms with Crippen LogP contribution in [0.25, 0.3) is 11.2 Å². The standard InChI is InChI=1S/C14H14ClN5O/c1-16-12-11-13(19-14(15)18-12)20(8-17-11)7-9-5-3-4-6-10(9)21-2/h3-6,8H,7H2,1-2H3,(H,16,18,19). The quantitative estimate of drug-likeness (QED) is 0.751. The Morgan fingerprint density at radius 1 is 1.29 bits per heavy atom. The first-order valence-corrected chi connectivity index (χ1v) is 6.78. The van der Waals surface area contributed by atoms with Gasteiger partial charge in [-0.1, -0.05) is 18.2 Å². The van der Waals surface area contributed by atoms with Crippen LogP contribution in [-0.4, -0.2) is 33.7 Å². The second-order valence-electron chi connectivity index (χ2n) is 4.45. The van der Waals surface area contributed by atoms with E-state index in [-0.39, 0.29) is 5.28 Å². The Balaban J connectivity index is 2.07. The summed E-state index contributed by atoms with van der Waals surface area (Å²) in [5.74, 6) is 1.44. The normalized spacial score (nSPS) is 10.8. The lowest BCUT2D eigenvalue weighted by Crippen LogP contribution is -2.03. The third-order valence-electron chi connectivity index (χ3n) is 3.21. The highest BCUT2D eigenvalue weighted by Crippen LogP contribution is 2.23. The molecule has 108 valence electrons. The molecule has 6 nitrogen and oxygen atoms in total. The lowest BCUT2D eigenvalue weighted by Gasteiger charge is -2.09. The summed E-state index contributed by atoms with van der Waals surface area (Å²) in [6.07, 6.45) is 1.73. The Morgan fingerprint density at radius 2 is 2.10 bits per heavy atom. The van der Waals surface area contributed by atoms with E-state index in [0.717, 1.165) is 11.3 Å². The van der Waals surface area contributed by atoms with Crippen molar-refractivity contribution in [2.75, 3.05) is 19.5 Å². The molecule has 0 aliphatic heterocycles. The van der Waals surface area contributed by atoms with Crippen molar-refractivity contribution in [3.63, 3.8) is 0 Å². The van der Waals surface area contributed by atoms with Gasteiger partial charge < -0.3 is 14.6 Å². The Bertz CT molecular complexity index is 786. The molecule has 0 aliphatic carbocycles. The second-order valence-corrected chi connectivity index (χ2v) is 4.79. The van der Waals surface area contributed by atoms with Gasteiger partial charge in [0.1, 0.15) is 5.75 Å². The summed E-state index contributed by atoms with van der Waals surface area (Å²) < 4.78 is 7.29. The largest absolute Gasteiger partial charge is 0.496 e. The molecule has 2 aromatic heterocycles. The number of anilines is 1. The lowest BCUT2D eigenvalue weighted by molar-refractivity contribution is 0.408. The molecule has 1 aromatic carbocycles. The number of benzene rings is 1.